The zero-order valence-electron chi connectivity index (χ0n) is 15.1. The number of benzene rings is 1. The molecule has 0 bridgehead atoms. The molecule has 10 heteroatoms. The van der Waals surface area contributed by atoms with Gasteiger partial charge in [0.2, 0.25) is 5.91 Å². The largest absolute Gasteiger partial charge is 0.379 e. The monoisotopic (exact) mass is 384 g/mol. The molecule has 0 aliphatic rings. The van der Waals surface area contributed by atoms with Crippen molar-refractivity contribution in [1.29, 1.82) is 0 Å². The predicted octanol–water partition coefficient (Wildman–Crippen LogP) is 1.41. The number of nitrogens with zero attached hydrogens (tertiary/aromatic N) is 4. The molecule has 1 aromatic carbocycles. The normalized spacial score (nSPS) is 10.7. The first-order valence-electron chi connectivity index (χ1n) is 8.84. The Labute approximate surface area is 159 Å². The standard InChI is InChI=1S/C18H20N6O4/c25-17(9-11-19-14-6-1-2-7-15(14)24(27)28)20-10-5-13-23-18(26)22-12-4-3-8-16(22)21-23/h1-4,6-8,12,19H,5,9-11,13H2,(H,20,25). The zero-order chi connectivity index (χ0) is 19.9. The lowest BCUT2D eigenvalue weighted by atomic mass is 10.2. The third kappa shape index (κ3) is 4.53. The van der Waals surface area contributed by atoms with Gasteiger partial charge in [-0.2, -0.15) is 0 Å². The average Bonchev–Trinajstić information content (AvgIpc) is 3.01. The van der Waals surface area contributed by atoms with E-state index in [0.29, 0.717) is 30.8 Å². The molecule has 28 heavy (non-hydrogen) atoms. The lowest BCUT2D eigenvalue weighted by molar-refractivity contribution is -0.384. The minimum Gasteiger partial charge on any atom is -0.379 e. The number of para-hydroxylation sites is 2. The van der Waals surface area contributed by atoms with Gasteiger partial charge in [0.1, 0.15) is 5.69 Å². The summed E-state index contributed by atoms with van der Waals surface area (Å²) < 4.78 is 2.84. The molecule has 146 valence electrons. The zero-order valence-corrected chi connectivity index (χ0v) is 15.1. The highest BCUT2D eigenvalue weighted by atomic mass is 16.6. The number of hydrogen-bond acceptors (Lipinski definition) is 6. The van der Waals surface area contributed by atoms with Gasteiger partial charge in [0.15, 0.2) is 5.65 Å². The molecule has 1 amide bonds. The molecule has 2 aromatic heterocycles. The van der Waals surface area contributed by atoms with E-state index in [2.05, 4.69) is 15.7 Å². The van der Waals surface area contributed by atoms with Crippen LogP contribution in [0.5, 0.6) is 0 Å². The van der Waals surface area contributed by atoms with Crippen molar-refractivity contribution in [2.45, 2.75) is 19.4 Å². The van der Waals surface area contributed by atoms with Gasteiger partial charge in [-0.05, 0) is 24.6 Å². The van der Waals surface area contributed by atoms with Gasteiger partial charge in [0, 0.05) is 38.3 Å². The van der Waals surface area contributed by atoms with Gasteiger partial charge in [0.05, 0.1) is 4.92 Å². The predicted molar refractivity (Wildman–Crippen MR) is 103 cm³/mol. The van der Waals surface area contributed by atoms with Crippen molar-refractivity contribution in [2.24, 2.45) is 0 Å². The molecule has 0 radical (unpaired) electrons. The van der Waals surface area contributed by atoms with E-state index in [0.717, 1.165) is 0 Å². The fourth-order valence-electron chi connectivity index (χ4n) is 2.75. The van der Waals surface area contributed by atoms with Crippen LogP contribution in [0.2, 0.25) is 0 Å². The molecule has 0 aliphatic heterocycles. The number of nitro groups is 1. The Balaban J connectivity index is 1.40. The Hall–Kier alpha value is -3.69. The molecule has 0 spiro atoms. The maximum atomic E-state index is 12.1. The smallest absolute Gasteiger partial charge is 0.350 e. The fourth-order valence-corrected chi connectivity index (χ4v) is 2.75. The molecule has 10 nitrogen and oxygen atoms in total. The van der Waals surface area contributed by atoms with E-state index in [1.54, 1.807) is 36.5 Å². The summed E-state index contributed by atoms with van der Waals surface area (Å²) in [7, 11) is 0. The Morgan fingerprint density at radius 1 is 1.14 bits per heavy atom. The second-order valence-corrected chi connectivity index (χ2v) is 6.09. The molecule has 0 saturated heterocycles. The number of nitrogens with one attached hydrogen (secondary N) is 2. The number of rotatable bonds is 9. The Bertz CT molecular complexity index is 1040. The number of carbonyl (C=O) groups excluding carboxylic acids is 1. The van der Waals surface area contributed by atoms with Gasteiger partial charge < -0.3 is 10.6 Å². The first-order chi connectivity index (χ1) is 13.6. The van der Waals surface area contributed by atoms with Crippen LogP contribution in [0.15, 0.2) is 53.5 Å². The van der Waals surface area contributed by atoms with E-state index in [1.807, 2.05) is 6.07 Å². The van der Waals surface area contributed by atoms with Gasteiger partial charge in [-0.1, -0.05) is 18.2 Å². The van der Waals surface area contributed by atoms with Gasteiger partial charge >= 0.3 is 5.69 Å². The summed E-state index contributed by atoms with van der Waals surface area (Å²) in [5, 5.41) is 20.8. The van der Waals surface area contributed by atoms with E-state index in [9.17, 15) is 19.7 Å². The maximum Gasteiger partial charge on any atom is 0.350 e. The van der Waals surface area contributed by atoms with Crippen LogP contribution >= 0.6 is 0 Å². The third-order valence-corrected chi connectivity index (χ3v) is 4.13. The van der Waals surface area contributed by atoms with E-state index in [-0.39, 0.29) is 30.2 Å². The SMILES string of the molecule is O=C(CCNc1ccccc1[N+](=O)[O-])NCCCn1nc2ccccn2c1=O. The molecule has 0 aliphatic carbocycles. The number of nitro benzene ring substituents is 1. The molecule has 0 saturated carbocycles. The summed E-state index contributed by atoms with van der Waals surface area (Å²) in [5.74, 6) is -0.173. The minimum absolute atomic E-state index is 0.0270. The van der Waals surface area contributed by atoms with Crippen LogP contribution in [0.4, 0.5) is 11.4 Å². The van der Waals surface area contributed by atoms with Crippen molar-refractivity contribution in [3.63, 3.8) is 0 Å². The van der Waals surface area contributed by atoms with Crippen LogP contribution < -0.4 is 16.3 Å². The van der Waals surface area contributed by atoms with Crippen molar-refractivity contribution in [3.05, 3.63) is 69.3 Å². The topological polar surface area (TPSA) is 124 Å². The molecule has 2 heterocycles. The number of amides is 1. The Kier molecular flexibility index (Phi) is 6.00. The summed E-state index contributed by atoms with van der Waals surface area (Å²) in [6.45, 7) is 1.09. The van der Waals surface area contributed by atoms with Crippen molar-refractivity contribution < 1.29 is 9.72 Å². The summed E-state index contributed by atoms with van der Waals surface area (Å²) >= 11 is 0. The van der Waals surface area contributed by atoms with E-state index < -0.39 is 4.92 Å². The molecular weight excluding hydrogens is 364 g/mol. The number of carbonyl (C=O) groups is 1. The summed E-state index contributed by atoms with van der Waals surface area (Å²) in [6.07, 6.45) is 2.40. The third-order valence-electron chi connectivity index (χ3n) is 4.13. The van der Waals surface area contributed by atoms with Crippen LogP contribution in [0, 0.1) is 10.1 Å². The molecule has 0 unspecified atom stereocenters. The maximum absolute atomic E-state index is 12.1. The van der Waals surface area contributed by atoms with E-state index in [1.165, 1.54) is 15.1 Å². The number of hydrogen-bond donors (Lipinski definition) is 2. The van der Waals surface area contributed by atoms with E-state index in [4.69, 9.17) is 0 Å². The number of anilines is 1. The number of aryl methyl sites for hydroxylation is 1. The minimum atomic E-state index is -0.469. The number of aromatic nitrogens is 3. The lowest BCUT2D eigenvalue weighted by Gasteiger charge is -2.08. The van der Waals surface area contributed by atoms with Crippen molar-refractivity contribution in [2.75, 3.05) is 18.4 Å². The lowest BCUT2D eigenvalue weighted by Crippen LogP contribution is -2.28. The molecule has 0 atom stereocenters. The van der Waals surface area contributed by atoms with Crippen LogP contribution in [-0.4, -0.2) is 38.1 Å². The highest BCUT2D eigenvalue weighted by Gasteiger charge is 2.12. The van der Waals surface area contributed by atoms with Gasteiger partial charge in [-0.3, -0.25) is 19.3 Å². The first-order valence-corrected chi connectivity index (χ1v) is 8.84. The van der Waals surface area contributed by atoms with Crippen molar-refractivity contribution >= 4 is 22.9 Å². The Morgan fingerprint density at radius 3 is 2.71 bits per heavy atom. The van der Waals surface area contributed by atoms with Crippen LogP contribution in [0.3, 0.4) is 0 Å². The second-order valence-electron chi connectivity index (χ2n) is 6.09. The first kappa shape index (κ1) is 19.1. The molecule has 2 N–H and O–H groups in total. The average molecular weight is 384 g/mol. The van der Waals surface area contributed by atoms with Gasteiger partial charge in [-0.25, -0.2) is 9.48 Å². The molecular formula is C18H20N6O4. The quantitative estimate of drug-likeness (QED) is 0.327. The highest BCUT2D eigenvalue weighted by Crippen LogP contribution is 2.22. The van der Waals surface area contributed by atoms with Crippen LogP contribution in [-0.2, 0) is 11.3 Å². The highest BCUT2D eigenvalue weighted by molar-refractivity contribution is 5.76. The van der Waals surface area contributed by atoms with Crippen LogP contribution in [0.25, 0.3) is 5.65 Å². The fraction of sp³-hybridized carbons (Fsp3) is 0.278. The summed E-state index contributed by atoms with van der Waals surface area (Å²) in [6, 6.07) is 11.6. The summed E-state index contributed by atoms with van der Waals surface area (Å²) in [5.41, 5.74) is 0.723. The summed E-state index contributed by atoms with van der Waals surface area (Å²) in [4.78, 5) is 34.5. The second kappa shape index (κ2) is 8.80. The van der Waals surface area contributed by atoms with Crippen LogP contribution in [0.1, 0.15) is 12.8 Å². The van der Waals surface area contributed by atoms with Crippen molar-refractivity contribution in [1.82, 2.24) is 19.5 Å². The van der Waals surface area contributed by atoms with Gasteiger partial charge in [-0.15, -0.1) is 5.10 Å². The van der Waals surface area contributed by atoms with E-state index >= 15 is 0 Å². The Morgan fingerprint density at radius 2 is 1.93 bits per heavy atom. The number of fused-ring (bicyclic) bond motifs is 1. The molecule has 3 aromatic rings. The van der Waals surface area contributed by atoms with Gasteiger partial charge in [0.25, 0.3) is 5.69 Å². The molecule has 3 rings (SSSR count). The van der Waals surface area contributed by atoms with Crippen molar-refractivity contribution in [3.8, 4) is 0 Å². The number of pyridine rings is 1. The molecule has 0 fully saturated rings.